The van der Waals surface area contributed by atoms with Crippen LogP contribution >= 0.6 is 22.6 Å². The maximum atomic E-state index is 12.2. The van der Waals surface area contributed by atoms with E-state index in [0.717, 1.165) is 3.57 Å². The maximum absolute atomic E-state index is 12.2. The standard InChI is InChI=1S/C18H19IO4/c1-11(2)16(20)18(22)9-8-15(12(3)10-18)23-17(21)13-4-6-14(19)7-5-13/h4-9,11,22H,10H2,1-3H3. The SMILES string of the molecule is CC1=C(OC(=O)c2ccc(I)cc2)C=CC(O)(C(=O)C(C)C)C1. The molecule has 0 amide bonds. The summed E-state index contributed by atoms with van der Waals surface area (Å²) in [4.78, 5) is 24.3. The molecule has 1 unspecified atom stereocenters. The highest BCUT2D eigenvalue weighted by Gasteiger charge is 2.37. The van der Waals surface area contributed by atoms with Gasteiger partial charge in [0.05, 0.1) is 5.56 Å². The van der Waals surface area contributed by atoms with Crippen molar-refractivity contribution in [2.24, 2.45) is 5.92 Å². The number of carbonyl (C=O) groups is 2. The number of Topliss-reactive ketones (excluding diaryl/α,β-unsaturated/α-hetero) is 1. The van der Waals surface area contributed by atoms with Gasteiger partial charge in [0.15, 0.2) is 5.78 Å². The van der Waals surface area contributed by atoms with Gasteiger partial charge >= 0.3 is 5.97 Å². The lowest BCUT2D eigenvalue weighted by Gasteiger charge is -2.29. The third-order valence-electron chi connectivity index (χ3n) is 3.70. The van der Waals surface area contributed by atoms with Crippen molar-refractivity contribution in [3.8, 4) is 0 Å². The summed E-state index contributed by atoms with van der Waals surface area (Å²) in [6.45, 7) is 5.25. The van der Waals surface area contributed by atoms with Gasteiger partial charge in [-0.2, -0.15) is 0 Å². The third kappa shape index (κ3) is 4.09. The molecule has 1 aromatic rings. The number of benzene rings is 1. The summed E-state index contributed by atoms with van der Waals surface area (Å²) < 4.78 is 6.42. The number of hydrogen-bond acceptors (Lipinski definition) is 4. The number of rotatable bonds is 4. The molecule has 1 N–H and O–H groups in total. The first-order chi connectivity index (χ1) is 10.7. The minimum atomic E-state index is -1.52. The Bertz CT molecular complexity index is 685. The zero-order valence-corrected chi connectivity index (χ0v) is 15.5. The molecule has 23 heavy (non-hydrogen) atoms. The Kier molecular flexibility index (Phi) is 5.41. The van der Waals surface area contributed by atoms with Gasteiger partial charge in [-0.1, -0.05) is 13.8 Å². The van der Waals surface area contributed by atoms with Crippen molar-refractivity contribution in [2.75, 3.05) is 0 Å². The lowest BCUT2D eigenvalue weighted by atomic mass is 9.82. The predicted molar refractivity (Wildman–Crippen MR) is 95.8 cm³/mol. The van der Waals surface area contributed by atoms with Crippen molar-refractivity contribution in [2.45, 2.75) is 32.8 Å². The lowest BCUT2D eigenvalue weighted by molar-refractivity contribution is -0.136. The monoisotopic (exact) mass is 426 g/mol. The van der Waals surface area contributed by atoms with E-state index in [-0.39, 0.29) is 18.1 Å². The van der Waals surface area contributed by atoms with Crippen LogP contribution in [0.15, 0.2) is 47.7 Å². The first-order valence-electron chi connectivity index (χ1n) is 7.36. The molecular formula is C18H19IO4. The molecule has 0 spiro atoms. The molecule has 0 bridgehead atoms. The van der Waals surface area contributed by atoms with Crippen LogP contribution in [0, 0.1) is 9.49 Å². The van der Waals surface area contributed by atoms with Gasteiger partial charge in [0, 0.05) is 15.9 Å². The van der Waals surface area contributed by atoms with E-state index in [1.54, 1.807) is 32.9 Å². The van der Waals surface area contributed by atoms with Crippen LogP contribution in [0.1, 0.15) is 37.6 Å². The molecule has 0 fully saturated rings. The Morgan fingerprint density at radius 1 is 1.26 bits per heavy atom. The molecule has 4 nitrogen and oxygen atoms in total. The topological polar surface area (TPSA) is 63.6 Å². The van der Waals surface area contributed by atoms with Gasteiger partial charge in [-0.25, -0.2) is 4.79 Å². The van der Waals surface area contributed by atoms with E-state index in [4.69, 9.17) is 4.74 Å². The van der Waals surface area contributed by atoms with E-state index in [1.807, 2.05) is 12.1 Å². The molecule has 5 heteroatoms. The molecule has 1 aliphatic carbocycles. The minimum absolute atomic E-state index is 0.135. The quantitative estimate of drug-likeness (QED) is 0.590. The van der Waals surface area contributed by atoms with Crippen molar-refractivity contribution in [1.82, 2.24) is 0 Å². The molecule has 1 aromatic carbocycles. The first-order valence-corrected chi connectivity index (χ1v) is 8.44. The second-order valence-corrected chi connectivity index (χ2v) is 7.24. The lowest BCUT2D eigenvalue weighted by Crippen LogP contribution is -2.41. The summed E-state index contributed by atoms with van der Waals surface area (Å²) in [5.41, 5.74) is -0.391. The maximum Gasteiger partial charge on any atom is 0.343 e. The summed E-state index contributed by atoms with van der Waals surface area (Å²) in [5.74, 6) is -0.583. The van der Waals surface area contributed by atoms with Crippen molar-refractivity contribution >= 4 is 34.3 Å². The first kappa shape index (κ1) is 17.9. The molecule has 1 aliphatic rings. The van der Waals surface area contributed by atoms with Crippen LogP contribution in [0.5, 0.6) is 0 Å². The fourth-order valence-corrected chi connectivity index (χ4v) is 2.80. The van der Waals surface area contributed by atoms with E-state index < -0.39 is 11.6 Å². The molecule has 0 saturated carbocycles. The van der Waals surface area contributed by atoms with E-state index in [1.165, 1.54) is 12.2 Å². The Hall–Kier alpha value is -1.47. The number of ether oxygens (including phenoxy) is 1. The van der Waals surface area contributed by atoms with Crippen LogP contribution in [0.3, 0.4) is 0 Å². The number of allylic oxidation sites excluding steroid dienone is 1. The molecule has 0 aromatic heterocycles. The van der Waals surface area contributed by atoms with Gasteiger partial charge in [-0.15, -0.1) is 0 Å². The summed E-state index contributed by atoms with van der Waals surface area (Å²) in [6.07, 6.45) is 3.05. The molecule has 0 radical (unpaired) electrons. The third-order valence-corrected chi connectivity index (χ3v) is 4.42. The largest absolute Gasteiger partial charge is 0.423 e. The van der Waals surface area contributed by atoms with Crippen molar-refractivity contribution in [1.29, 1.82) is 0 Å². The average molecular weight is 426 g/mol. The highest BCUT2D eigenvalue weighted by Crippen LogP contribution is 2.30. The molecule has 0 saturated heterocycles. The Balaban J connectivity index is 2.13. The van der Waals surface area contributed by atoms with E-state index in [9.17, 15) is 14.7 Å². The highest BCUT2D eigenvalue weighted by molar-refractivity contribution is 14.1. The van der Waals surface area contributed by atoms with Crippen LogP contribution < -0.4 is 0 Å². The molecule has 0 heterocycles. The molecule has 0 aliphatic heterocycles. The van der Waals surface area contributed by atoms with Gasteiger partial charge in [-0.3, -0.25) is 4.79 Å². The van der Waals surface area contributed by atoms with E-state index >= 15 is 0 Å². The molecule has 1 atom stereocenters. The van der Waals surface area contributed by atoms with Gasteiger partial charge in [0.25, 0.3) is 0 Å². The number of halogens is 1. The summed E-state index contributed by atoms with van der Waals surface area (Å²) in [6, 6.07) is 7.06. The Morgan fingerprint density at radius 2 is 1.87 bits per heavy atom. The van der Waals surface area contributed by atoms with Crippen molar-refractivity contribution < 1.29 is 19.4 Å². The smallest absolute Gasteiger partial charge is 0.343 e. The van der Waals surface area contributed by atoms with Crippen molar-refractivity contribution in [3.63, 3.8) is 0 Å². The number of carbonyl (C=O) groups excluding carboxylic acids is 2. The fourth-order valence-electron chi connectivity index (χ4n) is 2.44. The number of aliphatic hydroxyl groups is 1. The number of hydrogen-bond donors (Lipinski definition) is 1. The molecular weight excluding hydrogens is 407 g/mol. The zero-order chi connectivity index (χ0) is 17.2. The second kappa shape index (κ2) is 6.97. The van der Waals surface area contributed by atoms with Crippen LogP contribution in [0.4, 0.5) is 0 Å². The van der Waals surface area contributed by atoms with Gasteiger partial charge in [0.1, 0.15) is 11.4 Å². The highest BCUT2D eigenvalue weighted by atomic mass is 127. The van der Waals surface area contributed by atoms with Crippen LogP contribution in [0.25, 0.3) is 0 Å². The van der Waals surface area contributed by atoms with Crippen LogP contribution in [0.2, 0.25) is 0 Å². The number of esters is 1. The predicted octanol–water partition coefficient (Wildman–Crippen LogP) is 3.64. The minimum Gasteiger partial charge on any atom is -0.423 e. The van der Waals surface area contributed by atoms with Gasteiger partial charge in [-0.05, 0) is 71.5 Å². The normalized spacial score (nSPS) is 20.8. The molecule has 2 rings (SSSR count). The van der Waals surface area contributed by atoms with Crippen LogP contribution in [-0.4, -0.2) is 22.5 Å². The Morgan fingerprint density at radius 3 is 2.39 bits per heavy atom. The van der Waals surface area contributed by atoms with Gasteiger partial charge < -0.3 is 9.84 Å². The zero-order valence-electron chi connectivity index (χ0n) is 13.3. The molecule has 122 valence electrons. The summed E-state index contributed by atoms with van der Waals surface area (Å²) >= 11 is 2.16. The van der Waals surface area contributed by atoms with Gasteiger partial charge in [0.2, 0.25) is 0 Å². The Labute approximate surface area is 149 Å². The second-order valence-electron chi connectivity index (χ2n) is 5.99. The number of ketones is 1. The van der Waals surface area contributed by atoms with E-state index in [2.05, 4.69) is 22.6 Å². The average Bonchev–Trinajstić information content (AvgIpc) is 2.50. The van der Waals surface area contributed by atoms with Crippen LogP contribution in [-0.2, 0) is 9.53 Å². The fraction of sp³-hybridized carbons (Fsp3) is 0.333. The summed E-state index contributed by atoms with van der Waals surface area (Å²) in [5, 5.41) is 10.5. The summed E-state index contributed by atoms with van der Waals surface area (Å²) in [7, 11) is 0. The van der Waals surface area contributed by atoms with E-state index in [0.29, 0.717) is 16.9 Å². The van der Waals surface area contributed by atoms with Crippen molar-refractivity contribution in [3.05, 3.63) is 56.9 Å².